The predicted molar refractivity (Wildman–Crippen MR) is 49.2 cm³/mol. The molecule has 1 fully saturated rings. The molecule has 0 unspecified atom stereocenters. The Kier molecular flexibility index (Phi) is 3.39. The van der Waals surface area contributed by atoms with E-state index in [4.69, 9.17) is 5.11 Å². The first-order valence-electron chi connectivity index (χ1n) is 3.52. The maximum Gasteiger partial charge on any atom is 0.407 e. The van der Waals surface area contributed by atoms with Crippen LogP contribution >= 0.6 is 22.5 Å². The number of piperidine rings is 1. The molecule has 1 aliphatic heterocycles. The highest BCUT2D eigenvalue weighted by Crippen LogP contribution is 2.25. The standard InChI is InChI=1S/C6H11NO2S2/c8-6(9)7-3-1-5(11-10)2-4-7/h5,10H,1-4H2,(H,8,9). The van der Waals surface area contributed by atoms with E-state index in [2.05, 4.69) is 11.7 Å². The molecule has 0 bridgehead atoms. The normalized spacial score (nSPS) is 20.3. The summed E-state index contributed by atoms with van der Waals surface area (Å²) in [5.74, 6) is 0. The Labute approximate surface area is 75.0 Å². The van der Waals surface area contributed by atoms with E-state index in [9.17, 15) is 4.79 Å². The monoisotopic (exact) mass is 193 g/mol. The van der Waals surface area contributed by atoms with Crippen LogP contribution in [0.2, 0.25) is 0 Å². The zero-order valence-electron chi connectivity index (χ0n) is 6.06. The third-order valence-corrected chi connectivity index (χ3v) is 3.53. The van der Waals surface area contributed by atoms with Gasteiger partial charge in [0.25, 0.3) is 0 Å². The molecule has 1 rings (SSSR count). The molecule has 5 heteroatoms. The largest absolute Gasteiger partial charge is 0.465 e. The van der Waals surface area contributed by atoms with Crippen molar-refractivity contribution in [3.05, 3.63) is 0 Å². The first-order valence-corrected chi connectivity index (χ1v) is 5.45. The van der Waals surface area contributed by atoms with Crippen LogP contribution < -0.4 is 0 Å². The Hall–Kier alpha value is -0.0300. The van der Waals surface area contributed by atoms with Crippen molar-refractivity contribution < 1.29 is 9.90 Å². The summed E-state index contributed by atoms with van der Waals surface area (Å²) < 4.78 is 0. The molecule has 0 saturated carbocycles. The third-order valence-electron chi connectivity index (χ3n) is 1.86. The fraction of sp³-hybridized carbons (Fsp3) is 0.833. The second-order valence-electron chi connectivity index (χ2n) is 2.57. The number of nitrogens with zero attached hydrogens (tertiary/aromatic N) is 1. The zero-order valence-corrected chi connectivity index (χ0v) is 7.77. The molecule has 0 spiro atoms. The first kappa shape index (κ1) is 9.06. The van der Waals surface area contributed by atoms with E-state index in [0.717, 1.165) is 12.8 Å². The Balaban J connectivity index is 2.30. The lowest BCUT2D eigenvalue weighted by Gasteiger charge is -2.28. The molecule has 3 nitrogen and oxygen atoms in total. The Morgan fingerprint density at radius 3 is 2.45 bits per heavy atom. The molecule has 11 heavy (non-hydrogen) atoms. The van der Waals surface area contributed by atoms with Crippen LogP contribution in [0.15, 0.2) is 0 Å². The summed E-state index contributed by atoms with van der Waals surface area (Å²) in [6.45, 7) is 1.32. The Bertz CT molecular complexity index is 146. The summed E-state index contributed by atoms with van der Waals surface area (Å²) in [7, 11) is 1.53. The quantitative estimate of drug-likeness (QED) is 0.492. The van der Waals surface area contributed by atoms with Gasteiger partial charge in [0.15, 0.2) is 0 Å². The van der Waals surface area contributed by atoms with E-state index in [1.54, 1.807) is 0 Å². The van der Waals surface area contributed by atoms with Gasteiger partial charge in [0, 0.05) is 18.3 Å². The maximum absolute atomic E-state index is 10.4. The smallest absolute Gasteiger partial charge is 0.407 e. The molecule has 1 saturated heterocycles. The van der Waals surface area contributed by atoms with Gasteiger partial charge in [-0.3, -0.25) is 0 Å². The van der Waals surface area contributed by atoms with E-state index in [1.165, 1.54) is 15.7 Å². The van der Waals surface area contributed by atoms with E-state index >= 15 is 0 Å². The minimum Gasteiger partial charge on any atom is -0.465 e. The molecular weight excluding hydrogens is 182 g/mol. The van der Waals surface area contributed by atoms with Gasteiger partial charge in [0.2, 0.25) is 0 Å². The lowest BCUT2D eigenvalue weighted by molar-refractivity contribution is 0.137. The number of likely N-dealkylation sites (tertiary alicyclic amines) is 1. The highest BCUT2D eigenvalue weighted by atomic mass is 33.1. The van der Waals surface area contributed by atoms with Crippen LogP contribution in [0.4, 0.5) is 4.79 Å². The van der Waals surface area contributed by atoms with Gasteiger partial charge < -0.3 is 10.0 Å². The van der Waals surface area contributed by atoms with Crippen LogP contribution in [0.1, 0.15) is 12.8 Å². The minimum absolute atomic E-state index is 0.536. The van der Waals surface area contributed by atoms with Gasteiger partial charge in [0.1, 0.15) is 0 Å². The van der Waals surface area contributed by atoms with Gasteiger partial charge >= 0.3 is 6.09 Å². The summed E-state index contributed by atoms with van der Waals surface area (Å²) in [4.78, 5) is 11.9. The minimum atomic E-state index is -0.799. The number of carbonyl (C=O) groups is 1. The number of carboxylic acid groups (broad SMARTS) is 1. The molecule has 0 aromatic heterocycles. The summed E-state index contributed by atoms with van der Waals surface area (Å²) in [5, 5.41) is 9.13. The molecule has 0 atom stereocenters. The summed E-state index contributed by atoms with van der Waals surface area (Å²) in [5.41, 5.74) is 0. The highest BCUT2D eigenvalue weighted by Gasteiger charge is 2.21. The van der Waals surface area contributed by atoms with Crippen molar-refractivity contribution in [2.75, 3.05) is 13.1 Å². The van der Waals surface area contributed by atoms with Crippen molar-refractivity contribution in [3.63, 3.8) is 0 Å². The van der Waals surface area contributed by atoms with Gasteiger partial charge in [-0.2, -0.15) is 0 Å². The lowest BCUT2D eigenvalue weighted by Crippen LogP contribution is -2.38. The molecule has 1 N–H and O–H groups in total. The molecule has 1 heterocycles. The van der Waals surface area contributed by atoms with E-state index < -0.39 is 6.09 Å². The van der Waals surface area contributed by atoms with Crippen molar-refractivity contribution in [2.24, 2.45) is 0 Å². The van der Waals surface area contributed by atoms with Crippen LogP contribution in [0.3, 0.4) is 0 Å². The van der Waals surface area contributed by atoms with Crippen molar-refractivity contribution in [3.8, 4) is 0 Å². The summed E-state index contributed by atoms with van der Waals surface area (Å²) in [6.07, 6.45) is 1.06. The fourth-order valence-electron chi connectivity index (χ4n) is 1.15. The van der Waals surface area contributed by atoms with Crippen molar-refractivity contribution in [1.82, 2.24) is 4.90 Å². The van der Waals surface area contributed by atoms with E-state index in [0.29, 0.717) is 18.3 Å². The first-order chi connectivity index (χ1) is 5.24. The van der Waals surface area contributed by atoms with Crippen molar-refractivity contribution >= 4 is 28.5 Å². The van der Waals surface area contributed by atoms with Crippen LogP contribution in [-0.4, -0.2) is 34.4 Å². The lowest BCUT2D eigenvalue weighted by atomic mass is 10.1. The highest BCUT2D eigenvalue weighted by molar-refractivity contribution is 8.68. The van der Waals surface area contributed by atoms with E-state index in [-0.39, 0.29) is 0 Å². The second kappa shape index (κ2) is 4.11. The van der Waals surface area contributed by atoms with Crippen LogP contribution in [0.5, 0.6) is 0 Å². The average molecular weight is 193 g/mol. The Morgan fingerprint density at radius 2 is 2.09 bits per heavy atom. The summed E-state index contributed by atoms with van der Waals surface area (Å²) >= 11 is 4.10. The number of rotatable bonds is 1. The van der Waals surface area contributed by atoms with Gasteiger partial charge in [-0.1, -0.05) is 10.8 Å². The second-order valence-corrected chi connectivity index (χ2v) is 4.08. The van der Waals surface area contributed by atoms with E-state index in [1.807, 2.05) is 0 Å². The number of hydrogen-bond donors (Lipinski definition) is 2. The van der Waals surface area contributed by atoms with Crippen LogP contribution in [0, 0.1) is 0 Å². The molecule has 64 valence electrons. The fourth-order valence-corrected chi connectivity index (χ4v) is 2.21. The molecule has 0 aromatic rings. The SMILES string of the molecule is O=C(O)N1CCC(SS)CC1. The van der Waals surface area contributed by atoms with Gasteiger partial charge in [-0.25, -0.2) is 4.79 Å². The molecule has 1 amide bonds. The summed E-state index contributed by atoms with van der Waals surface area (Å²) in [6, 6.07) is 0. The zero-order chi connectivity index (χ0) is 8.27. The van der Waals surface area contributed by atoms with Gasteiger partial charge in [0.05, 0.1) is 0 Å². The van der Waals surface area contributed by atoms with Gasteiger partial charge in [-0.15, -0.1) is 11.7 Å². The Morgan fingerprint density at radius 1 is 1.55 bits per heavy atom. The molecule has 0 aliphatic carbocycles. The molecular formula is C6H11NO2S2. The number of hydrogen-bond acceptors (Lipinski definition) is 3. The van der Waals surface area contributed by atoms with Crippen LogP contribution in [0.25, 0.3) is 0 Å². The van der Waals surface area contributed by atoms with Crippen molar-refractivity contribution in [2.45, 2.75) is 18.1 Å². The maximum atomic E-state index is 10.4. The molecule has 0 aromatic carbocycles. The topological polar surface area (TPSA) is 40.5 Å². The predicted octanol–water partition coefficient (Wildman–Crippen LogP) is 1.71. The average Bonchev–Trinajstić information content (AvgIpc) is 2.05. The molecule has 0 radical (unpaired) electrons. The molecule has 1 aliphatic rings. The number of thiol groups is 1. The van der Waals surface area contributed by atoms with Gasteiger partial charge in [-0.05, 0) is 12.8 Å². The van der Waals surface area contributed by atoms with Crippen molar-refractivity contribution in [1.29, 1.82) is 0 Å². The third kappa shape index (κ3) is 2.48. The number of amides is 1. The van der Waals surface area contributed by atoms with Crippen LogP contribution in [-0.2, 0) is 0 Å².